The second kappa shape index (κ2) is 18.0. The summed E-state index contributed by atoms with van der Waals surface area (Å²) in [5, 5.41) is 4.63. The molecule has 0 amide bonds. The molecule has 1 aliphatic heterocycles. The second-order valence-electron chi connectivity index (χ2n) is 20.8. The van der Waals surface area contributed by atoms with Gasteiger partial charge in [0.05, 0.1) is 11.0 Å². The van der Waals surface area contributed by atoms with Gasteiger partial charge < -0.3 is 13.9 Å². The van der Waals surface area contributed by atoms with Gasteiger partial charge in [-0.3, -0.25) is 0 Å². The van der Waals surface area contributed by atoms with E-state index >= 15 is 0 Å². The fourth-order valence-corrected chi connectivity index (χ4v) is 11.9. The SMILES string of the molecule is CC(C)(C)c1ccnc(-n2c3[c-]c(Oc4[c-]c(-n5c[n+]6c7c(cccc75)-c5ccccc5-c5cc7c(cc5-c5cccc(-c8ccccc8)c5-6)c5ccccc5n7-c5ccccc5)ccc4)ccc3c3ccccc32)c1.[Pt+2]. The number of rotatable bonds is 6. The number of pyridine rings is 1. The summed E-state index contributed by atoms with van der Waals surface area (Å²) in [7, 11) is 0. The van der Waals surface area contributed by atoms with Crippen LogP contribution in [0.1, 0.15) is 26.3 Å². The van der Waals surface area contributed by atoms with Crippen LogP contribution in [0.5, 0.6) is 11.5 Å². The Balaban J connectivity index is 0.00000540. The van der Waals surface area contributed by atoms with Crippen LogP contribution in [0, 0.1) is 12.1 Å². The molecule has 0 unspecified atom stereocenters. The van der Waals surface area contributed by atoms with E-state index in [1.54, 1.807) is 0 Å². The topological polar surface area (TPSA) is 40.8 Å². The molecule has 0 aliphatic carbocycles. The van der Waals surface area contributed by atoms with Crippen LogP contribution < -0.4 is 9.30 Å². The molecule has 0 radical (unpaired) electrons. The van der Waals surface area contributed by atoms with Crippen LogP contribution >= 0.6 is 0 Å². The van der Waals surface area contributed by atoms with Gasteiger partial charge in [0.1, 0.15) is 11.5 Å². The molecule has 0 atom stereocenters. The minimum Gasteiger partial charge on any atom is -0.509 e. The van der Waals surface area contributed by atoms with Crippen LogP contribution in [0.2, 0.25) is 0 Å². The van der Waals surface area contributed by atoms with Crippen LogP contribution in [0.25, 0.3) is 122 Å². The maximum atomic E-state index is 6.80. The van der Waals surface area contributed by atoms with Gasteiger partial charge in [-0.25, -0.2) is 9.55 Å². The molecule has 1 aliphatic rings. The number of aromatic nitrogens is 5. The summed E-state index contributed by atoms with van der Waals surface area (Å²) in [6.07, 6.45) is 4.15. The smallest absolute Gasteiger partial charge is 0.509 e. The Morgan fingerprint density at radius 2 is 1.06 bits per heavy atom. The summed E-state index contributed by atoms with van der Waals surface area (Å²) < 4.78 is 16.1. The molecule has 6 nitrogen and oxygen atoms in total. The summed E-state index contributed by atoms with van der Waals surface area (Å²) in [5.74, 6) is 2.02. The Labute approximate surface area is 460 Å². The van der Waals surface area contributed by atoms with E-state index in [0.29, 0.717) is 11.5 Å². The van der Waals surface area contributed by atoms with Crippen molar-refractivity contribution in [2.24, 2.45) is 0 Å². The molecule has 4 aromatic heterocycles. The number of ether oxygens (including phenoxy) is 1. The van der Waals surface area contributed by atoms with Crippen molar-refractivity contribution in [2.45, 2.75) is 26.2 Å². The third-order valence-electron chi connectivity index (χ3n) is 15.4. The number of benzene rings is 10. The van der Waals surface area contributed by atoms with Crippen molar-refractivity contribution in [1.82, 2.24) is 18.7 Å². The van der Waals surface area contributed by atoms with Crippen molar-refractivity contribution in [3.63, 3.8) is 0 Å². The maximum Gasteiger partial charge on any atom is 2.00 e. The minimum atomic E-state index is -0.0420. The number of para-hydroxylation sites is 5. The van der Waals surface area contributed by atoms with E-state index in [2.05, 4.69) is 264 Å². The molecule has 77 heavy (non-hydrogen) atoms. The third kappa shape index (κ3) is 7.42. The molecule has 368 valence electrons. The molecular weight excluding hydrogens is 1120 g/mol. The van der Waals surface area contributed by atoms with E-state index in [9.17, 15) is 0 Å². The summed E-state index contributed by atoms with van der Waals surface area (Å²) >= 11 is 0. The second-order valence-corrected chi connectivity index (χ2v) is 20.8. The average Bonchev–Trinajstić information content (AvgIpc) is 4.18. The van der Waals surface area contributed by atoms with Crippen molar-refractivity contribution in [3.05, 3.63) is 255 Å². The van der Waals surface area contributed by atoms with Crippen molar-refractivity contribution in [3.8, 4) is 78.9 Å². The monoisotopic (exact) mass is 1170 g/mol. The molecule has 0 fully saturated rings. The van der Waals surface area contributed by atoms with E-state index in [1.807, 2.05) is 24.4 Å². The van der Waals surface area contributed by atoms with Gasteiger partial charge in [0.2, 0.25) is 0 Å². The first-order valence-electron chi connectivity index (χ1n) is 25.9. The maximum absolute atomic E-state index is 6.80. The number of hydrogen-bond acceptors (Lipinski definition) is 2. The summed E-state index contributed by atoms with van der Waals surface area (Å²) in [5.41, 5.74) is 19.9. The summed E-state index contributed by atoms with van der Waals surface area (Å²) in [4.78, 5) is 4.90. The molecule has 10 aromatic carbocycles. The van der Waals surface area contributed by atoms with E-state index in [1.165, 1.54) is 33.0 Å². The summed E-state index contributed by atoms with van der Waals surface area (Å²) in [6, 6.07) is 88.0. The van der Waals surface area contributed by atoms with E-state index in [-0.39, 0.29) is 26.5 Å². The van der Waals surface area contributed by atoms with Gasteiger partial charge >= 0.3 is 21.1 Å². The van der Waals surface area contributed by atoms with Crippen molar-refractivity contribution in [2.75, 3.05) is 0 Å². The first kappa shape index (κ1) is 46.4. The Kier molecular flexibility index (Phi) is 10.9. The Morgan fingerprint density at radius 3 is 1.86 bits per heavy atom. The molecule has 0 saturated heterocycles. The van der Waals surface area contributed by atoms with Gasteiger partial charge in [-0.15, -0.1) is 29.7 Å². The van der Waals surface area contributed by atoms with Crippen LogP contribution in [0.4, 0.5) is 0 Å². The average molecular weight is 1170 g/mol. The predicted molar refractivity (Wildman–Crippen MR) is 309 cm³/mol. The molecule has 7 heteroatoms. The molecular formula is C70H48N5OPt+. The first-order valence-corrected chi connectivity index (χ1v) is 25.9. The third-order valence-corrected chi connectivity index (χ3v) is 15.4. The standard InChI is InChI=1S/C70H48N5O.Pt/c1-70(2,3)46-37-38-71-67(39-46)75-63-33-15-12-27-54(63)56-36-35-50(41-65(56)75)76-49-24-16-23-48(40-49)72-44-73-68-51(45-19-6-4-7-20-45)29-17-30-58(68)59-42-61-55-28-13-14-32-62(55)74(47-21-8-5-9-22-47)66(61)43-60(59)53-26-11-10-25-52(53)57-31-18-34-64(72)69(57)73;/h4-39,42-44H,1-3H3;/q-1;+2. The van der Waals surface area contributed by atoms with E-state index in [4.69, 9.17) is 9.72 Å². The van der Waals surface area contributed by atoms with Gasteiger partial charge in [0, 0.05) is 62.1 Å². The number of imidazole rings is 1. The fraction of sp³-hybridized carbons (Fsp3) is 0.0571. The van der Waals surface area contributed by atoms with Crippen LogP contribution in [-0.4, -0.2) is 18.7 Å². The van der Waals surface area contributed by atoms with Gasteiger partial charge in [0.15, 0.2) is 11.0 Å². The van der Waals surface area contributed by atoms with Gasteiger partial charge in [-0.2, -0.15) is 16.7 Å². The predicted octanol–water partition coefficient (Wildman–Crippen LogP) is 17.2. The molecule has 15 rings (SSSR count). The Morgan fingerprint density at radius 1 is 0.455 bits per heavy atom. The van der Waals surface area contributed by atoms with Crippen LogP contribution in [0.3, 0.4) is 0 Å². The molecule has 0 saturated carbocycles. The zero-order valence-electron chi connectivity index (χ0n) is 42.5. The Hall–Kier alpha value is -9.09. The quantitative estimate of drug-likeness (QED) is 0.123. The molecule has 14 aromatic rings. The molecule has 0 N–H and O–H groups in total. The van der Waals surface area contributed by atoms with Crippen LogP contribution in [-0.2, 0) is 26.5 Å². The largest absolute Gasteiger partial charge is 2.00 e. The normalized spacial score (nSPS) is 12.0. The van der Waals surface area contributed by atoms with Gasteiger partial charge in [0.25, 0.3) is 6.33 Å². The van der Waals surface area contributed by atoms with Crippen molar-refractivity contribution in [1.29, 1.82) is 0 Å². The molecule has 0 bridgehead atoms. The van der Waals surface area contributed by atoms with Gasteiger partial charge in [-0.05, 0) is 105 Å². The van der Waals surface area contributed by atoms with Crippen molar-refractivity contribution < 1.29 is 30.4 Å². The van der Waals surface area contributed by atoms with Gasteiger partial charge in [-0.1, -0.05) is 166 Å². The van der Waals surface area contributed by atoms with Crippen LogP contribution in [0.15, 0.2) is 237 Å². The number of hydrogen-bond donors (Lipinski definition) is 0. The number of nitrogens with zero attached hydrogens (tertiary/aromatic N) is 5. The number of fused-ring (bicyclic) bond motifs is 13. The molecule has 0 spiro atoms. The first-order chi connectivity index (χ1) is 37.3. The summed E-state index contributed by atoms with van der Waals surface area (Å²) in [6.45, 7) is 6.70. The van der Waals surface area contributed by atoms with Crippen molar-refractivity contribution >= 4 is 54.6 Å². The Bertz CT molecular complexity index is 4660. The van der Waals surface area contributed by atoms with E-state index < -0.39 is 0 Å². The fourth-order valence-electron chi connectivity index (χ4n) is 11.9. The molecule has 5 heterocycles. The minimum absolute atomic E-state index is 0. The zero-order chi connectivity index (χ0) is 50.6. The zero-order valence-corrected chi connectivity index (χ0v) is 44.7. The van der Waals surface area contributed by atoms with E-state index in [0.717, 1.165) is 94.6 Å².